The normalized spacial score (nSPS) is 40.1. The van der Waals surface area contributed by atoms with Gasteiger partial charge in [0.15, 0.2) is 0 Å². The lowest BCUT2D eigenvalue weighted by atomic mass is 9.95. The van der Waals surface area contributed by atoms with Gasteiger partial charge < -0.3 is 10.1 Å². The highest BCUT2D eigenvalue weighted by Crippen LogP contribution is 2.28. The molecule has 0 radical (unpaired) electrons. The lowest BCUT2D eigenvalue weighted by Gasteiger charge is -2.45. The summed E-state index contributed by atoms with van der Waals surface area (Å²) in [5.74, 6) is 0. The molecule has 2 atom stereocenters. The Morgan fingerprint density at radius 3 is 2.75 bits per heavy atom. The topological polar surface area (TPSA) is 24.5 Å². The fraction of sp³-hybridized carbons (Fsp3) is 1.00. The van der Waals surface area contributed by atoms with Gasteiger partial charge in [-0.05, 0) is 40.5 Å². The monoisotopic (exact) mass is 226 g/mol. The van der Waals surface area contributed by atoms with Crippen LogP contribution in [0, 0.1) is 0 Å². The molecule has 0 amide bonds. The van der Waals surface area contributed by atoms with Crippen molar-refractivity contribution in [2.24, 2.45) is 0 Å². The Kier molecular flexibility index (Phi) is 3.30. The van der Waals surface area contributed by atoms with E-state index >= 15 is 0 Å². The van der Waals surface area contributed by atoms with Gasteiger partial charge in [-0.15, -0.1) is 0 Å². The van der Waals surface area contributed by atoms with E-state index < -0.39 is 0 Å². The molecule has 16 heavy (non-hydrogen) atoms. The number of rotatable bonds is 2. The zero-order valence-corrected chi connectivity index (χ0v) is 11.2. The van der Waals surface area contributed by atoms with Gasteiger partial charge in [0, 0.05) is 37.8 Å². The number of hydrogen-bond acceptors (Lipinski definition) is 3. The summed E-state index contributed by atoms with van der Waals surface area (Å²) in [6.45, 7) is 13.4. The van der Waals surface area contributed by atoms with Crippen molar-refractivity contribution in [3.63, 3.8) is 0 Å². The van der Waals surface area contributed by atoms with E-state index in [9.17, 15) is 0 Å². The molecule has 2 fully saturated rings. The maximum Gasteiger partial charge on any atom is 0.0781 e. The summed E-state index contributed by atoms with van der Waals surface area (Å²) in [4.78, 5) is 2.59. The smallest absolute Gasteiger partial charge is 0.0781 e. The first-order valence-electron chi connectivity index (χ1n) is 6.53. The average molecular weight is 226 g/mol. The summed E-state index contributed by atoms with van der Waals surface area (Å²) in [5.41, 5.74) is 0.336. The molecule has 2 aliphatic rings. The molecule has 94 valence electrons. The molecule has 0 bridgehead atoms. The third-order valence-electron chi connectivity index (χ3n) is 3.94. The molecule has 2 aliphatic heterocycles. The zero-order chi connectivity index (χ0) is 11.8. The second-order valence-corrected chi connectivity index (χ2v) is 6.42. The quantitative estimate of drug-likeness (QED) is 0.774. The van der Waals surface area contributed by atoms with Crippen molar-refractivity contribution in [3.8, 4) is 0 Å². The van der Waals surface area contributed by atoms with E-state index in [-0.39, 0.29) is 11.1 Å². The summed E-state index contributed by atoms with van der Waals surface area (Å²) in [6.07, 6.45) is 2.43. The summed E-state index contributed by atoms with van der Waals surface area (Å²) in [6, 6.07) is 0.619. The lowest BCUT2D eigenvalue weighted by molar-refractivity contribution is -0.0313. The maximum absolute atomic E-state index is 5.90. The van der Waals surface area contributed by atoms with E-state index in [0.717, 1.165) is 26.2 Å². The minimum absolute atomic E-state index is 0.0989. The fourth-order valence-corrected chi connectivity index (χ4v) is 2.88. The van der Waals surface area contributed by atoms with Gasteiger partial charge in [0.05, 0.1) is 5.60 Å². The third-order valence-corrected chi connectivity index (χ3v) is 3.94. The minimum Gasteiger partial charge on any atom is -0.374 e. The van der Waals surface area contributed by atoms with Crippen molar-refractivity contribution < 1.29 is 4.74 Å². The Bertz CT molecular complexity index is 246. The van der Waals surface area contributed by atoms with Crippen LogP contribution in [-0.4, -0.2) is 48.3 Å². The molecule has 2 unspecified atom stereocenters. The molecule has 0 saturated carbocycles. The van der Waals surface area contributed by atoms with Gasteiger partial charge in [0.25, 0.3) is 0 Å². The summed E-state index contributed by atoms with van der Waals surface area (Å²) in [7, 11) is 0. The number of nitrogens with one attached hydrogen (secondary N) is 1. The highest BCUT2D eigenvalue weighted by atomic mass is 16.5. The molecule has 2 rings (SSSR count). The van der Waals surface area contributed by atoms with Crippen molar-refractivity contribution in [2.75, 3.05) is 26.2 Å². The van der Waals surface area contributed by atoms with Crippen molar-refractivity contribution in [2.45, 2.75) is 57.7 Å². The lowest BCUT2D eigenvalue weighted by Crippen LogP contribution is -2.62. The largest absolute Gasteiger partial charge is 0.374 e. The first kappa shape index (κ1) is 12.3. The molecule has 0 spiro atoms. The molecule has 0 aromatic heterocycles. The Balaban J connectivity index is 1.96. The highest BCUT2D eigenvalue weighted by Gasteiger charge is 2.37. The molecular formula is C13H26N2O. The van der Waals surface area contributed by atoms with Crippen molar-refractivity contribution in [1.82, 2.24) is 10.2 Å². The van der Waals surface area contributed by atoms with Crippen LogP contribution in [0.2, 0.25) is 0 Å². The van der Waals surface area contributed by atoms with Crippen LogP contribution in [0.15, 0.2) is 0 Å². The van der Waals surface area contributed by atoms with Crippen LogP contribution in [0.1, 0.15) is 40.5 Å². The predicted octanol–water partition coefficient (Wildman–Crippen LogP) is 1.63. The van der Waals surface area contributed by atoms with E-state index in [4.69, 9.17) is 4.74 Å². The molecule has 0 aliphatic carbocycles. The molecule has 3 nitrogen and oxygen atoms in total. The van der Waals surface area contributed by atoms with Gasteiger partial charge in [-0.25, -0.2) is 0 Å². The summed E-state index contributed by atoms with van der Waals surface area (Å²) >= 11 is 0. The van der Waals surface area contributed by atoms with Crippen molar-refractivity contribution >= 4 is 0 Å². The van der Waals surface area contributed by atoms with Crippen molar-refractivity contribution in [1.29, 1.82) is 0 Å². The van der Waals surface area contributed by atoms with Gasteiger partial charge in [-0.3, -0.25) is 4.90 Å². The molecular weight excluding hydrogens is 200 g/mol. The fourth-order valence-electron chi connectivity index (χ4n) is 2.88. The molecule has 2 saturated heterocycles. The average Bonchev–Trinajstić information content (AvgIpc) is 2.58. The first-order valence-corrected chi connectivity index (χ1v) is 6.53. The van der Waals surface area contributed by atoms with E-state index in [2.05, 4.69) is 37.9 Å². The maximum atomic E-state index is 5.90. The number of nitrogens with zero attached hydrogens (tertiary/aromatic N) is 1. The number of hydrogen-bond donors (Lipinski definition) is 1. The first-order chi connectivity index (χ1) is 7.40. The number of piperazine rings is 1. The molecule has 1 N–H and O–H groups in total. The Hall–Kier alpha value is -0.120. The van der Waals surface area contributed by atoms with E-state index in [0.29, 0.717) is 6.04 Å². The zero-order valence-electron chi connectivity index (χ0n) is 11.2. The van der Waals surface area contributed by atoms with Crippen molar-refractivity contribution in [3.05, 3.63) is 0 Å². The summed E-state index contributed by atoms with van der Waals surface area (Å²) < 4.78 is 5.90. The Labute approximate surface area is 99.5 Å². The van der Waals surface area contributed by atoms with E-state index in [1.165, 1.54) is 12.8 Å². The van der Waals surface area contributed by atoms with E-state index in [1.54, 1.807) is 0 Å². The van der Waals surface area contributed by atoms with Gasteiger partial charge in [-0.2, -0.15) is 0 Å². The molecule has 0 aromatic rings. The standard InChI is InChI=1S/C13H26N2O/c1-11-8-14-12(2,3)9-15(11)10-13(4)6-5-7-16-13/h11,14H,5-10H2,1-4H3. The van der Waals surface area contributed by atoms with Gasteiger partial charge in [0.2, 0.25) is 0 Å². The van der Waals surface area contributed by atoms with Gasteiger partial charge in [-0.1, -0.05) is 0 Å². The Morgan fingerprint density at radius 2 is 2.12 bits per heavy atom. The van der Waals surface area contributed by atoms with Crippen LogP contribution in [0.5, 0.6) is 0 Å². The highest BCUT2D eigenvalue weighted by molar-refractivity contribution is 4.94. The number of ether oxygens (including phenoxy) is 1. The third kappa shape index (κ3) is 2.76. The predicted molar refractivity (Wildman–Crippen MR) is 66.7 cm³/mol. The van der Waals surface area contributed by atoms with Crippen LogP contribution >= 0.6 is 0 Å². The van der Waals surface area contributed by atoms with Gasteiger partial charge in [0.1, 0.15) is 0 Å². The minimum atomic E-state index is 0.0989. The van der Waals surface area contributed by atoms with Gasteiger partial charge >= 0.3 is 0 Å². The molecule has 3 heteroatoms. The van der Waals surface area contributed by atoms with Crippen LogP contribution in [0.25, 0.3) is 0 Å². The SMILES string of the molecule is CC1CNC(C)(C)CN1CC1(C)CCCO1. The van der Waals surface area contributed by atoms with Crippen LogP contribution in [0.3, 0.4) is 0 Å². The second kappa shape index (κ2) is 4.28. The molecule has 2 heterocycles. The molecule has 0 aromatic carbocycles. The Morgan fingerprint density at radius 1 is 1.38 bits per heavy atom. The second-order valence-electron chi connectivity index (χ2n) is 6.42. The summed E-state index contributed by atoms with van der Waals surface area (Å²) in [5, 5.41) is 3.59. The van der Waals surface area contributed by atoms with E-state index in [1.807, 2.05) is 0 Å². The van der Waals surface area contributed by atoms with Crippen LogP contribution < -0.4 is 5.32 Å². The van der Waals surface area contributed by atoms with Crippen LogP contribution in [-0.2, 0) is 4.74 Å². The van der Waals surface area contributed by atoms with Crippen LogP contribution in [0.4, 0.5) is 0 Å².